The predicted molar refractivity (Wildman–Crippen MR) is 209 cm³/mol. The van der Waals surface area contributed by atoms with Crippen molar-refractivity contribution in [3.8, 4) is 56.2 Å². The number of hydrogen-bond acceptors (Lipinski definition) is 4. The molecule has 0 unspecified atom stereocenters. The smallest absolute Gasteiger partial charge is 0.227 e. The van der Waals surface area contributed by atoms with Crippen LogP contribution in [0.15, 0.2) is 180 Å². The first-order chi connectivity index (χ1) is 25.3. The van der Waals surface area contributed by atoms with E-state index < -0.39 is 0 Å². The highest BCUT2D eigenvalue weighted by atomic mass is 16.3. The molecule has 51 heavy (non-hydrogen) atoms. The minimum Gasteiger partial charge on any atom is -0.438 e. The van der Waals surface area contributed by atoms with Gasteiger partial charge in [0.25, 0.3) is 0 Å². The fraction of sp³-hybridized carbons (Fsp3) is 0. The standard InChI is InChI=1S/C47H29N3O/c1-3-13-30(14-4-1)43-28-44(50-46(49-43)31-15-5-2-6-16-31)41-25-32(34-27-42-39-21-11-12-22-45(39)51-47(42)48-29-34)23-24-38(41)40-26-33-17-7-8-18-35(33)36-19-9-10-20-37(36)40/h1-29H. The van der Waals surface area contributed by atoms with Gasteiger partial charge in [0.15, 0.2) is 5.82 Å². The topological polar surface area (TPSA) is 51.8 Å². The summed E-state index contributed by atoms with van der Waals surface area (Å²) in [4.78, 5) is 15.2. The van der Waals surface area contributed by atoms with Crippen LogP contribution in [0.1, 0.15) is 0 Å². The second-order valence-electron chi connectivity index (χ2n) is 12.8. The Bertz CT molecular complexity index is 2860. The van der Waals surface area contributed by atoms with E-state index in [4.69, 9.17) is 19.4 Å². The molecule has 7 aromatic carbocycles. The molecule has 0 saturated carbocycles. The Hall–Kier alpha value is -6.91. The molecule has 0 aliphatic rings. The Balaban J connectivity index is 1.26. The maximum atomic E-state index is 6.07. The monoisotopic (exact) mass is 651 g/mol. The van der Waals surface area contributed by atoms with Crippen molar-refractivity contribution in [3.05, 3.63) is 176 Å². The molecule has 0 fully saturated rings. The lowest BCUT2D eigenvalue weighted by molar-refractivity contribution is 0.654. The molecule has 0 spiro atoms. The Labute approximate surface area is 294 Å². The van der Waals surface area contributed by atoms with Crippen molar-refractivity contribution in [1.82, 2.24) is 15.0 Å². The summed E-state index contributed by atoms with van der Waals surface area (Å²) in [6, 6.07) is 59.3. The Morgan fingerprint density at radius 1 is 0.373 bits per heavy atom. The minimum absolute atomic E-state index is 0.634. The molecule has 238 valence electrons. The SMILES string of the molecule is c1ccc(-c2cc(-c3cc(-c4cnc5oc6ccccc6c5c4)ccc3-c3cc4ccccc4c4ccccc34)nc(-c3ccccc3)n2)cc1. The largest absolute Gasteiger partial charge is 0.438 e. The number of pyridine rings is 1. The number of rotatable bonds is 5. The number of furan rings is 1. The van der Waals surface area contributed by atoms with Crippen LogP contribution in [0.2, 0.25) is 0 Å². The summed E-state index contributed by atoms with van der Waals surface area (Å²) in [5.74, 6) is 0.680. The molecule has 0 N–H and O–H groups in total. The lowest BCUT2D eigenvalue weighted by Gasteiger charge is -2.17. The van der Waals surface area contributed by atoms with Crippen LogP contribution in [0.3, 0.4) is 0 Å². The predicted octanol–water partition coefficient (Wildman–Crippen LogP) is 12.4. The van der Waals surface area contributed by atoms with Crippen LogP contribution in [0, 0.1) is 0 Å². The summed E-state index contributed by atoms with van der Waals surface area (Å²) >= 11 is 0. The molecule has 0 radical (unpaired) electrons. The van der Waals surface area contributed by atoms with Crippen LogP contribution in [0.4, 0.5) is 0 Å². The third-order valence-corrected chi connectivity index (χ3v) is 9.75. The van der Waals surface area contributed by atoms with Crippen molar-refractivity contribution in [1.29, 1.82) is 0 Å². The number of fused-ring (bicyclic) bond motifs is 6. The van der Waals surface area contributed by atoms with Gasteiger partial charge in [-0.3, -0.25) is 0 Å². The molecule has 3 heterocycles. The maximum absolute atomic E-state index is 6.07. The van der Waals surface area contributed by atoms with E-state index in [0.29, 0.717) is 11.5 Å². The van der Waals surface area contributed by atoms with Gasteiger partial charge in [0.1, 0.15) is 5.58 Å². The molecular formula is C47H29N3O. The van der Waals surface area contributed by atoms with Crippen LogP contribution < -0.4 is 0 Å². The third-order valence-electron chi connectivity index (χ3n) is 9.75. The van der Waals surface area contributed by atoms with Crippen LogP contribution in [0.25, 0.3) is 99.8 Å². The van der Waals surface area contributed by atoms with Crippen LogP contribution in [-0.4, -0.2) is 15.0 Å². The maximum Gasteiger partial charge on any atom is 0.227 e. The summed E-state index contributed by atoms with van der Waals surface area (Å²) in [5, 5.41) is 6.89. The Kier molecular flexibility index (Phi) is 6.78. The zero-order valence-electron chi connectivity index (χ0n) is 27.5. The van der Waals surface area contributed by atoms with Gasteiger partial charge in [0, 0.05) is 39.2 Å². The summed E-state index contributed by atoms with van der Waals surface area (Å²) in [6.07, 6.45) is 1.90. The number of para-hydroxylation sites is 1. The number of hydrogen-bond donors (Lipinski definition) is 0. The molecule has 0 atom stereocenters. The zero-order chi connectivity index (χ0) is 33.7. The van der Waals surface area contributed by atoms with E-state index in [1.54, 1.807) is 0 Å². The molecular weight excluding hydrogens is 623 g/mol. The first-order valence-corrected chi connectivity index (χ1v) is 17.1. The van der Waals surface area contributed by atoms with Crippen molar-refractivity contribution in [2.24, 2.45) is 0 Å². The highest BCUT2D eigenvalue weighted by Gasteiger charge is 2.19. The van der Waals surface area contributed by atoms with Gasteiger partial charge in [-0.25, -0.2) is 15.0 Å². The van der Waals surface area contributed by atoms with Gasteiger partial charge in [-0.05, 0) is 68.6 Å². The molecule has 0 aliphatic carbocycles. The number of nitrogens with zero attached hydrogens (tertiary/aromatic N) is 3. The van der Waals surface area contributed by atoms with Crippen molar-refractivity contribution in [2.45, 2.75) is 0 Å². The first kappa shape index (κ1) is 29.0. The normalized spacial score (nSPS) is 11.5. The van der Waals surface area contributed by atoms with E-state index in [-0.39, 0.29) is 0 Å². The zero-order valence-corrected chi connectivity index (χ0v) is 27.5. The second-order valence-corrected chi connectivity index (χ2v) is 12.8. The highest BCUT2D eigenvalue weighted by Crippen LogP contribution is 2.42. The summed E-state index contributed by atoms with van der Waals surface area (Å²) in [5.41, 5.74) is 10.5. The van der Waals surface area contributed by atoms with Gasteiger partial charge in [0.05, 0.1) is 11.4 Å². The Morgan fingerprint density at radius 3 is 1.86 bits per heavy atom. The summed E-state index contributed by atoms with van der Waals surface area (Å²) < 4.78 is 6.07. The van der Waals surface area contributed by atoms with E-state index in [0.717, 1.165) is 66.7 Å². The minimum atomic E-state index is 0.634. The van der Waals surface area contributed by atoms with Gasteiger partial charge in [0.2, 0.25) is 5.71 Å². The second kappa shape index (κ2) is 11.9. The summed E-state index contributed by atoms with van der Waals surface area (Å²) in [6.45, 7) is 0. The van der Waals surface area contributed by atoms with Gasteiger partial charge in [-0.2, -0.15) is 0 Å². The molecule has 0 saturated heterocycles. The highest BCUT2D eigenvalue weighted by molar-refractivity contribution is 6.15. The lowest BCUT2D eigenvalue weighted by atomic mass is 9.88. The van der Waals surface area contributed by atoms with E-state index in [1.807, 2.05) is 48.7 Å². The van der Waals surface area contributed by atoms with Crippen molar-refractivity contribution in [3.63, 3.8) is 0 Å². The van der Waals surface area contributed by atoms with Crippen molar-refractivity contribution in [2.75, 3.05) is 0 Å². The molecule has 0 aliphatic heterocycles. The average molecular weight is 652 g/mol. The fourth-order valence-electron chi connectivity index (χ4n) is 7.27. The quantitative estimate of drug-likeness (QED) is 0.174. The summed E-state index contributed by atoms with van der Waals surface area (Å²) in [7, 11) is 0. The van der Waals surface area contributed by atoms with Crippen molar-refractivity contribution >= 4 is 43.6 Å². The van der Waals surface area contributed by atoms with Crippen LogP contribution in [-0.2, 0) is 0 Å². The molecule has 4 heteroatoms. The average Bonchev–Trinajstić information content (AvgIpc) is 3.59. The molecule has 3 aromatic heterocycles. The van der Waals surface area contributed by atoms with Gasteiger partial charge in [-0.15, -0.1) is 0 Å². The molecule has 4 nitrogen and oxygen atoms in total. The first-order valence-electron chi connectivity index (χ1n) is 17.1. The fourth-order valence-corrected chi connectivity index (χ4v) is 7.27. The lowest BCUT2D eigenvalue weighted by Crippen LogP contribution is -1.98. The Morgan fingerprint density at radius 2 is 1.04 bits per heavy atom. The van der Waals surface area contributed by atoms with E-state index >= 15 is 0 Å². The van der Waals surface area contributed by atoms with Gasteiger partial charge < -0.3 is 4.42 Å². The molecule has 10 rings (SSSR count). The van der Waals surface area contributed by atoms with Crippen LogP contribution in [0.5, 0.6) is 0 Å². The number of benzene rings is 7. The van der Waals surface area contributed by atoms with E-state index in [2.05, 4.69) is 127 Å². The van der Waals surface area contributed by atoms with Crippen LogP contribution >= 0.6 is 0 Å². The van der Waals surface area contributed by atoms with E-state index in [9.17, 15) is 0 Å². The third kappa shape index (κ3) is 5.04. The van der Waals surface area contributed by atoms with Crippen molar-refractivity contribution < 1.29 is 4.42 Å². The number of aromatic nitrogens is 3. The van der Waals surface area contributed by atoms with Gasteiger partial charge in [-0.1, -0.05) is 140 Å². The van der Waals surface area contributed by atoms with Gasteiger partial charge >= 0.3 is 0 Å². The molecule has 0 amide bonds. The molecule has 10 aromatic rings. The van der Waals surface area contributed by atoms with E-state index in [1.165, 1.54) is 21.5 Å². The molecule has 0 bridgehead atoms.